The molecular weight excluding hydrogens is 651 g/mol. The number of unbranched alkanes of at least 4 members (excludes halogenated alkanes) is 13. The Labute approximate surface area is 322 Å². The number of anilines is 1. The Balaban J connectivity index is 1.39. The molecule has 0 atom stereocenters. The highest BCUT2D eigenvalue weighted by Crippen LogP contribution is 2.42. The summed E-state index contributed by atoms with van der Waals surface area (Å²) >= 11 is 0. The molecule has 2 aromatic carbocycles. The summed E-state index contributed by atoms with van der Waals surface area (Å²) in [5.74, 6) is 0.913. The molecule has 1 aliphatic heterocycles. The first-order chi connectivity index (χ1) is 26.0. The van der Waals surface area contributed by atoms with Crippen molar-refractivity contribution in [2.24, 2.45) is 0 Å². The molecule has 0 aromatic heterocycles. The maximum Gasteiger partial charge on any atom is 0.254 e. The average Bonchev–Trinajstić information content (AvgIpc) is 3.18. The SMILES string of the molecule is CCCCCCCC/C=C/CCCCCCCCCN(C)C(=O)c1ccccc1-c1c2ccc(=[N+](CC)CC)cc-2oc2cc(N(CC)CC)ccc12. The van der Waals surface area contributed by atoms with E-state index in [0.29, 0.717) is 0 Å². The van der Waals surface area contributed by atoms with Gasteiger partial charge < -0.3 is 14.2 Å². The summed E-state index contributed by atoms with van der Waals surface area (Å²) in [6.07, 6.45) is 24.2. The maximum absolute atomic E-state index is 14.1. The van der Waals surface area contributed by atoms with Crippen molar-refractivity contribution < 1.29 is 9.21 Å². The van der Waals surface area contributed by atoms with E-state index in [0.717, 1.165) is 95.6 Å². The lowest BCUT2D eigenvalue weighted by atomic mass is 9.90. The number of rotatable bonds is 24. The molecule has 1 heterocycles. The molecule has 5 heteroatoms. The van der Waals surface area contributed by atoms with Gasteiger partial charge in [0.05, 0.1) is 6.07 Å². The number of allylic oxidation sites excluding steroid dienone is 2. The normalized spacial score (nSPS) is 11.6. The minimum atomic E-state index is 0.0757. The Kier molecular flexibility index (Phi) is 18.2. The van der Waals surface area contributed by atoms with Crippen molar-refractivity contribution >= 4 is 22.6 Å². The molecule has 2 aliphatic rings. The largest absolute Gasteiger partial charge is 0.456 e. The van der Waals surface area contributed by atoms with E-state index in [4.69, 9.17) is 4.42 Å². The van der Waals surface area contributed by atoms with Crippen molar-refractivity contribution in [3.8, 4) is 22.5 Å². The van der Waals surface area contributed by atoms with Gasteiger partial charge in [-0.25, -0.2) is 4.58 Å². The van der Waals surface area contributed by atoms with Crippen LogP contribution in [0, 0.1) is 0 Å². The number of hydrogen-bond donors (Lipinski definition) is 0. The fourth-order valence-corrected chi connectivity index (χ4v) is 7.70. The van der Waals surface area contributed by atoms with E-state index < -0.39 is 0 Å². The number of amides is 1. The van der Waals surface area contributed by atoms with Crippen LogP contribution in [0.3, 0.4) is 0 Å². The fraction of sp³-hybridized carbons (Fsp3) is 0.542. The Morgan fingerprint density at radius 2 is 1.30 bits per heavy atom. The molecule has 0 fully saturated rings. The lowest BCUT2D eigenvalue weighted by Crippen LogP contribution is -2.29. The molecule has 53 heavy (non-hydrogen) atoms. The number of nitrogens with zero attached hydrogens (tertiary/aromatic N) is 3. The fourth-order valence-electron chi connectivity index (χ4n) is 7.70. The van der Waals surface area contributed by atoms with Crippen molar-refractivity contribution in [3.63, 3.8) is 0 Å². The van der Waals surface area contributed by atoms with Crippen LogP contribution in [0.5, 0.6) is 0 Å². The second-order valence-electron chi connectivity index (χ2n) is 14.7. The summed E-state index contributed by atoms with van der Waals surface area (Å²) in [7, 11) is 1.96. The van der Waals surface area contributed by atoms with E-state index in [1.165, 1.54) is 83.5 Å². The minimum absolute atomic E-state index is 0.0757. The van der Waals surface area contributed by atoms with Gasteiger partial charge in [0.25, 0.3) is 5.91 Å². The molecule has 0 bridgehead atoms. The van der Waals surface area contributed by atoms with E-state index >= 15 is 0 Å². The predicted octanol–water partition coefficient (Wildman–Crippen LogP) is 12.4. The van der Waals surface area contributed by atoms with Crippen LogP contribution in [0.4, 0.5) is 5.69 Å². The van der Waals surface area contributed by atoms with Gasteiger partial charge >= 0.3 is 0 Å². The number of carbonyl (C=O) groups is 1. The molecule has 0 radical (unpaired) electrons. The highest BCUT2D eigenvalue weighted by atomic mass is 16.3. The highest BCUT2D eigenvalue weighted by molar-refractivity contribution is 6.09. The summed E-state index contributed by atoms with van der Waals surface area (Å²) in [5.41, 5.74) is 5.76. The molecule has 4 rings (SSSR count). The summed E-state index contributed by atoms with van der Waals surface area (Å²) in [6.45, 7) is 15.5. The van der Waals surface area contributed by atoms with Crippen molar-refractivity contribution in [1.29, 1.82) is 0 Å². The first kappa shape index (κ1) is 41.9. The Morgan fingerprint density at radius 3 is 1.94 bits per heavy atom. The highest BCUT2D eigenvalue weighted by Gasteiger charge is 2.24. The monoisotopic (exact) mass is 721 g/mol. The van der Waals surface area contributed by atoms with Crippen molar-refractivity contribution in [2.45, 2.75) is 131 Å². The molecule has 2 aromatic rings. The van der Waals surface area contributed by atoms with Crippen LogP contribution in [0.15, 0.2) is 77.2 Å². The first-order valence-corrected chi connectivity index (χ1v) is 21.3. The molecular formula is C48H70N3O2+. The van der Waals surface area contributed by atoms with Gasteiger partial charge in [0.15, 0.2) is 0 Å². The summed E-state index contributed by atoms with van der Waals surface area (Å²) in [6, 6.07) is 21.2. The number of fused-ring (bicyclic) bond motifs is 2. The van der Waals surface area contributed by atoms with Gasteiger partial charge in [-0.2, -0.15) is 0 Å². The molecule has 0 unspecified atom stereocenters. The zero-order valence-corrected chi connectivity index (χ0v) is 34.2. The smallest absolute Gasteiger partial charge is 0.254 e. The zero-order valence-electron chi connectivity index (χ0n) is 34.2. The van der Waals surface area contributed by atoms with Gasteiger partial charge in [0.2, 0.25) is 5.36 Å². The van der Waals surface area contributed by atoms with E-state index in [-0.39, 0.29) is 5.91 Å². The van der Waals surface area contributed by atoms with Crippen LogP contribution in [0.1, 0.15) is 141 Å². The second-order valence-corrected chi connectivity index (χ2v) is 14.7. The van der Waals surface area contributed by atoms with Crippen LogP contribution >= 0.6 is 0 Å². The van der Waals surface area contributed by atoms with Gasteiger partial charge in [-0.1, -0.05) is 101 Å². The molecule has 0 saturated carbocycles. The molecule has 1 amide bonds. The Hall–Kier alpha value is -3.86. The van der Waals surface area contributed by atoms with Gasteiger partial charge in [0.1, 0.15) is 24.4 Å². The van der Waals surface area contributed by atoms with Gasteiger partial charge in [-0.3, -0.25) is 4.79 Å². The predicted molar refractivity (Wildman–Crippen MR) is 229 cm³/mol. The molecule has 0 saturated heterocycles. The van der Waals surface area contributed by atoms with E-state index in [1.54, 1.807) is 0 Å². The average molecular weight is 721 g/mol. The van der Waals surface area contributed by atoms with Crippen molar-refractivity contribution in [3.05, 3.63) is 83.7 Å². The van der Waals surface area contributed by atoms with Crippen LogP contribution < -0.4 is 14.8 Å². The maximum atomic E-state index is 14.1. The molecule has 5 nitrogen and oxygen atoms in total. The van der Waals surface area contributed by atoms with E-state index in [9.17, 15) is 4.79 Å². The van der Waals surface area contributed by atoms with Gasteiger partial charge in [0, 0.05) is 66.6 Å². The first-order valence-electron chi connectivity index (χ1n) is 21.3. The van der Waals surface area contributed by atoms with Crippen LogP contribution in [0.2, 0.25) is 0 Å². The standard InChI is InChI=1S/C48H70N3O2/c1-7-12-13-14-15-16-17-18-19-20-21-22-23-24-25-26-29-36-49(6)48(52)42-31-28-27-30-41(42)47-43-34-32-39(50(8-2)9-3)37-45(43)53-46-38-40(33-35-44(46)47)51(10-4)11-5/h18-19,27-28,30-35,37-38H,7-17,20-26,29,36H2,1-6H3/q+1/b19-18+. The summed E-state index contributed by atoms with van der Waals surface area (Å²) in [4.78, 5) is 18.4. The van der Waals surface area contributed by atoms with Crippen LogP contribution in [0.25, 0.3) is 33.4 Å². The van der Waals surface area contributed by atoms with Crippen molar-refractivity contribution in [1.82, 2.24) is 9.48 Å². The molecule has 0 spiro atoms. The van der Waals surface area contributed by atoms with E-state index in [1.807, 2.05) is 24.1 Å². The van der Waals surface area contributed by atoms with Crippen molar-refractivity contribution in [2.75, 3.05) is 44.7 Å². The van der Waals surface area contributed by atoms with Gasteiger partial charge in [-0.05, 0) is 89.6 Å². The molecule has 1 aliphatic carbocycles. The Morgan fingerprint density at radius 1 is 0.679 bits per heavy atom. The third-order valence-corrected chi connectivity index (χ3v) is 11.0. The minimum Gasteiger partial charge on any atom is -0.456 e. The lowest BCUT2D eigenvalue weighted by Gasteiger charge is -2.23. The summed E-state index contributed by atoms with van der Waals surface area (Å²) in [5, 5.41) is 2.17. The zero-order chi connectivity index (χ0) is 37.8. The Bertz CT molecular complexity index is 1740. The molecule has 0 N–H and O–H groups in total. The van der Waals surface area contributed by atoms with Gasteiger partial charge in [-0.15, -0.1) is 0 Å². The van der Waals surface area contributed by atoms with Crippen LogP contribution in [-0.4, -0.2) is 50.6 Å². The number of carbonyl (C=O) groups excluding carboxylic acids is 1. The summed E-state index contributed by atoms with van der Waals surface area (Å²) < 4.78 is 9.05. The lowest BCUT2D eigenvalue weighted by molar-refractivity contribution is 0.0793. The van der Waals surface area contributed by atoms with E-state index in [2.05, 4.69) is 105 Å². The third-order valence-electron chi connectivity index (χ3n) is 11.0. The topological polar surface area (TPSA) is 39.7 Å². The number of benzene rings is 3. The third kappa shape index (κ3) is 12.1. The number of hydrogen-bond acceptors (Lipinski definition) is 3. The quantitative estimate of drug-likeness (QED) is 0.0313. The molecule has 288 valence electrons. The second kappa shape index (κ2) is 23.0. The van der Waals surface area contributed by atoms with Crippen LogP contribution in [-0.2, 0) is 0 Å².